The van der Waals surface area contributed by atoms with E-state index in [1.807, 2.05) is 24.3 Å². The van der Waals surface area contributed by atoms with E-state index in [1.54, 1.807) is 19.1 Å². The summed E-state index contributed by atoms with van der Waals surface area (Å²) in [4.78, 5) is 24.0. The second kappa shape index (κ2) is 6.79. The zero-order valence-corrected chi connectivity index (χ0v) is 14.3. The molecular formula is C16H13BrN4O3. The number of anilines is 1. The van der Waals surface area contributed by atoms with Crippen LogP contribution in [0, 0.1) is 6.92 Å². The van der Waals surface area contributed by atoms with Crippen LogP contribution in [0.1, 0.15) is 5.69 Å². The fourth-order valence-electron chi connectivity index (χ4n) is 2.10. The zero-order valence-electron chi connectivity index (χ0n) is 12.7. The molecular weight excluding hydrogens is 376 g/mol. The van der Waals surface area contributed by atoms with E-state index in [4.69, 9.17) is 4.52 Å². The highest BCUT2D eigenvalue weighted by Crippen LogP contribution is 2.20. The highest BCUT2D eigenvalue weighted by atomic mass is 79.9. The molecule has 0 aliphatic heterocycles. The molecule has 0 bridgehead atoms. The lowest BCUT2D eigenvalue weighted by atomic mass is 10.1. The molecule has 0 saturated carbocycles. The fourth-order valence-corrected chi connectivity index (χ4v) is 2.50. The molecule has 0 radical (unpaired) electrons. The van der Waals surface area contributed by atoms with Gasteiger partial charge in [0.15, 0.2) is 0 Å². The maximum atomic E-state index is 12.0. The number of benzene rings is 1. The van der Waals surface area contributed by atoms with E-state index < -0.39 is 5.91 Å². The van der Waals surface area contributed by atoms with E-state index in [1.165, 1.54) is 6.07 Å². The van der Waals surface area contributed by atoms with Crippen molar-refractivity contribution >= 4 is 27.7 Å². The second-order valence-corrected chi connectivity index (χ2v) is 6.02. The van der Waals surface area contributed by atoms with Crippen LogP contribution in [0.3, 0.4) is 0 Å². The molecule has 2 heterocycles. The molecule has 1 amide bonds. The molecule has 0 aliphatic carbocycles. The van der Waals surface area contributed by atoms with Crippen molar-refractivity contribution in [3.63, 3.8) is 0 Å². The van der Waals surface area contributed by atoms with E-state index in [0.29, 0.717) is 11.4 Å². The van der Waals surface area contributed by atoms with Gasteiger partial charge in [-0.1, -0.05) is 33.2 Å². The number of rotatable bonds is 4. The summed E-state index contributed by atoms with van der Waals surface area (Å²) in [6.07, 6.45) is 0. The first kappa shape index (κ1) is 16.1. The number of aromatic nitrogens is 3. The largest absolute Gasteiger partial charge is 0.338 e. The van der Waals surface area contributed by atoms with Crippen molar-refractivity contribution in [1.82, 2.24) is 14.9 Å². The minimum atomic E-state index is -0.424. The SMILES string of the molecule is Cc1cc(NC(=O)Cn2nc(-c3cccc(Br)c3)ccc2=O)on1. The summed E-state index contributed by atoms with van der Waals surface area (Å²) in [5.74, 6) is -0.194. The van der Waals surface area contributed by atoms with Gasteiger partial charge in [0, 0.05) is 22.2 Å². The molecule has 8 heteroatoms. The number of aryl methyl sites for hydroxylation is 1. The maximum Gasteiger partial charge on any atom is 0.267 e. The molecule has 24 heavy (non-hydrogen) atoms. The standard InChI is InChI=1S/C16H13BrN4O3/c1-10-7-15(24-20-10)18-14(22)9-21-16(23)6-5-13(19-21)11-3-2-4-12(17)8-11/h2-8H,9H2,1H3,(H,18,22). The van der Waals surface area contributed by atoms with E-state index >= 15 is 0 Å². The van der Waals surface area contributed by atoms with Crippen molar-refractivity contribution in [3.05, 3.63) is 63.0 Å². The normalized spacial score (nSPS) is 10.6. The summed E-state index contributed by atoms with van der Waals surface area (Å²) in [5, 5.41) is 10.5. The Morgan fingerprint density at radius 2 is 2.12 bits per heavy atom. The van der Waals surface area contributed by atoms with Gasteiger partial charge in [0.05, 0.1) is 11.4 Å². The van der Waals surface area contributed by atoms with Gasteiger partial charge in [0.2, 0.25) is 11.8 Å². The molecule has 0 spiro atoms. The Kier molecular flexibility index (Phi) is 4.57. The predicted molar refractivity (Wildman–Crippen MR) is 91.5 cm³/mol. The maximum absolute atomic E-state index is 12.0. The topological polar surface area (TPSA) is 90.0 Å². The Labute approximate surface area is 145 Å². The van der Waals surface area contributed by atoms with Crippen molar-refractivity contribution < 1.29 is 9.32 Å². The van der Waals surface area contributed by atoms with Crippen LogP contribution in [0.15, 0.2) is 56.3 Å². The quantitative estimate of drug-likeness (QED) is 0.741. The molecule has 1 N–H and O–H groups in total. The summed E-state index contributed by atoms with van der Waals surface area (Å²) in [7, 11) is 0. The lowest BCUT2D eigenvalue weighted by Crippen LogP contribution is -2.29. The highest BCUT2D eigenvalue weighted by molar-refractivity contribution is 9.10. The summed E-state index contributed by atoms with van der Waals surface area (Å²) in [5.41, 5.74) is 1.72. The van der Waals surface area contributed by atoms with Gasteiger partial charge in [-0.2, -0.15) is 5.10 Å². The third-order valence-corrected chi connectivity index (χ3v) is 3.66. The van der Waals surface area contributed by atoms with E-state index in [2.05, 4.69) is 31.5 Å². The van der Waals surface area contributed by atoms with E-state index in [9.17, 15) is 9.59 Å². The third kappa shape index (κ3) is 3.77. The predicted octanol–water partition coefficient (Wildman–Crippen LogP) is 2.61. The Morgan fingerprint density at radius 1 is 1.29 bits per heavy atom. The number of nitrogens with one attached hydrogen (secondary N) is 1. The van der Waals surface area contributed by atoms with Crippen molar-refractivity contribution in [2.45, 2.75) is 13.5 Å². The van der Waals surface area contributed by atoms with Crippen LogP contribution in [0.4, 0.5) is 5.88 Å². The highest BCUT2D eigenvalue weighted by Gasteiger charge is 2.10. The fraction of sp³-hybridized carbons (Fsp3) is 0.125. The van der Waals surface area contributed by atoms with Gasteiger partial charge in [0.1, 0.15) is 6.54 Å². The average Bonchev–Trinajstić information content (AvgIpc) is 2.94. The Balaban J connectivity index is 1.81. The van der Waals surface area contributed by atoms with Gasteiger partial charge in [-0.3, -0.25) is 14.9 Å². The van der Waals surface area contributed by atoms with Gasteiger partial charge in [-0.05, 0) is 25.1 Å². The number of carbonyl (C=O) groups excluding carboxylic acids is 1. The zero-order chi connectivity index (χ0) is 17.1. The minimum absolute atomic E-state index is 0.222. The summed E-state index contributed by atoms with van der Waals surface area (Å²) >= 11 is 3.39. The van der Waals surface area contributed by atoms with Crippen LogP contribution in [0.2, 0.25) is 0 Å². The van der Waals surface area contributed by atoms with Crippen molar-refractivity contribution in [1.29, 1.82) is 0 Å². The van der Waals surface area contributed by atoms with Gasteiger partial charge >= 0.3 is 0 Å². The van der Waals surface area contributed by atoms with Crippen LogP contribution >= 0.6 is 15.9 Å². The third-order valence-electron chi connectivity index (χ3n) is 3.17. The summed E-state index contributed by atoms with van der Waals surface area (Å²) < 4.78 is 6.92. The monoisotopic (exact) mass is 388 g/mol. The van der Waals surface area contributed by atoms with Crippen molar-refractivity contribution in [3.8, 4) is 11.3 Å². The smallest absolute Gasteiger partial charge is 0.267 e. The number of hydrogen-bond donors (Lipinski definition) is 1. The lowest BCUT2D eigenvalue weighted by molar-refractivity contribution is -0.117. The van der Waals surface area contributed by atoms with Gasteiger partial charge in [-0.15, -0.1) is 0 Å². The molecule has 2 aromatic heterocycles. The number of halogens is 1. The van der Waals surface area contributed by atoms with Gasteiger partial charge < -0.3 is 4.52 Å². The molecule has 0 atom stereocenters. The minimum Gasteiger partial charge on any atom is -0.338 e. The van der Waals surface area contributed by atoms with E-state index in [0.717, 1.165) is 14.7 Å². The molecule has 3 rings (SSSR count). The Morgan fingerprint density at radius 3 is 2.83 bits per heavy atom. The lowest BCUT2D eigenvalue weighted by Gasteiger charge is -2.07. The average molecular weight is 389 g/mol. The Hall–Kier alpha value is -2.74. The molecule has 0 aliphatic rings. The van der Waals surface area contributed by atoms with Gasteiger partial charge in [-0.25, -0.2) is 4.68 Å². The first-order valence-corrected chi connectivity index (χ1v) is 7.88. The van der Waals surface area contributed by atoms with Crippen molar-refractivity contribution in [2.24, 2.45) is 0 Å². The van der Waals surface area contributed by atoms with Gasteiger partial charge in [0.25, 0.3) is 5.56 Å². The van der Waals surface area contributed by atoms with Crippen LogP contribution < -0.4 is 10.9 Å². The first-order chi connectivity index (χ1) is 11.5. The number of hydrogen-bond acceptors (Lipinski definition) is 5. The van der Waals surface area contributed by atoms with Crippen LogP contribution in [-0.2, 0) is 11.3 Å². The Bertz CT molecular complexity index is 948. The second-order valence-electron chi connectivity index (χ2n) is 5.11. The molecule has 0 fully saturated rings. The van der Waals surface area contributed by atoms with Crippen LogP contribution in [0.25, 0.3) is 11.3 Å². The molecule has 7 nitrogen and oxygen atoms in total. The molecule has 122 valence electrons. The van der Waals surface area contributed by atoms with Crippen LogP contribution in [0.5, 0.6) is 0 Å². The summed E-state index contributed by atoms with van der Waals surface area (Å²) in [6, 6.07) is 12.1. The van der Waals surface area contributed by atoms with Crippen LogP contribution in [-0.4, -0.2) is 20.8 Å². The molecule has 0 unspecified atom stereocenters. The molecule has 0 saturated heterocycles. The summed E-state index contributed by atoms with van der Waals surface area (Å²) in [6.45, 7) is 1.52. The molecule has 3 aromatic rings. The molecule has 1 aromatic carbocycles. The first-order valence-electron chi connectivity index (χ1n) is 7.08. The number of amides is 1. The number of carbonyl (C=O) groups is 1. The number of nitrogens with zero attached hydrogens (tertiary/aromatic N) is 3. The van der Waals surface area contributed by atoms with Crippen molar-refractivity contribution in [2.75, 3.05) is 5.32 Å². The van der Waals surface area contributed by atoms with E-state index in [-0.39, 0.29) is 18.0 Å².